The first kappa shape index (κ1) is 21.8. The average Bonchev–Trinajstić information content (AvgIpc) is 3.21. The number of benzene rings is 1. The first-order chi connectivity index (χ1) is 14.2. The minimum absolute atomic E-state index is 0.751. The van der Waals surface area contributed by atoms with E-state index in [1.165, 1.54) is 30.4 Å². The predicted molar refractivity (Wildman–Crippen MR) is 123 cm³/mol. The molecule has 0 aliphatic carbocycles. The van der Waals surface area contributed by atoms with Crippen molar-refractivity contribution in [3.63, 3.8) is 0 Å². The topological polar surface area (TPSA) is 49.8 Å². The summed E-state index contributed by atoms with van der Waals surface area (Å²) in [5.74, 6) is 1.78. The maximum Gasteiger partial charge on any atom is 0.193 e. The van der Waals surface area contributed by atoms with Crippen molar-refractivity contribution in [1.29, 1.82) is 0 Å². The molecule has 2 aromatic rings. The lowest BCUT2D eigenvalue weighted by Gasteiger charge is -2.26. The van der Waals surface area contributed by atoms with Gasteiger partial charge in [0.25, 0.3) is 0 Å². The fourth-order valence-electron chi connectivity index (χ4n) is 3.51. The molecule has 5 nitrogen and oxygen atoms in total. The summed E-state index contributed by atoms with van der Waals surface area (Å²) in [6.07, 6.45) is 4.45. The maximum atomic E-state index is 5.47. The standard InChI is InChI=1S/C23H34N4OS/c1-4-24-23(27(3)14-10-19-11-15-28-16-12-19)25-13-9-21-17-29-22(26-21)20-7-5-18(2)6-8-20/h5-8,17,19H,4,9-16H2,1-3H3,(H,24,25). The fraction of sp³-hybridized carbons (Fsp3) is 0.565. The third-order valence-electron chi connectivity index (χ3n) is 5.39. The highest BCUT2D eigenvalue weighted by Gasteiger charge is 2.15. The molecule has 1 aromatic carbocycles. The van der Waals surface area contributed by atoms with Crippen molar-refractivity contribution in [2.75, 3.05) is 39.9 Å². The number of hydrogen-bond acceptors (Lipinski definition) is 4. The highest BCUT2D eigenvalue weighted by atomic mass is 32.1. The summed E-state index contributed by atoms with van der Waals surface area (Å²) in [7, 11) is 2.14. The Bertz CT molecular complexity index is 765. The second-order valence-corrected chi connectivity index (χ2v) is 8.62. The lowest BCUT2D eigenvalue weighted by molar-refractivity contribution is 0.0625. The zero-order valence-corrected chi connectivity index (χ0v) is 18.8. The van der Waals surface area contributed by atoms with Gasteiger partial charge in [-0.3, -0.25) is 4.99 Å². The van der Waals surface area contributed by atoms with Crippen molar-refractivity contribution in [3.05, 3.63) is 40.9 Å². The normalized spacial score (nSPS) is 15.5. The quantitative estimate of drug-likeness (QED) is 0.515. The lowest BCUT2D eigenvalue weighted by atomic mass is 9.96. The van der Waals surface area contributed by atoms with Crippen LogP contribution in [0.3, 0.4) is 0 Å². The Morgan fingerprint density at radius 3 is 2.76 bits per heavy atom. The van der Waals surface area contributed by atoms with E-state index in [9.17, 15) is 0 Å². The van der Waals surface area contributed by atoms with Gasteiger partial charge in [0.05, 0.1) is 5.69 Å². The summed E-state index contributed by atoms with van der Waals surface area (Å²) in [4.78, 5) is 11.9. The number of guanidine groups is 1. The van der Waals surface area contributed by atoms with Crippen molar-refractivity contribution in [1.82, 2.24) is 15.2 Å². The monoisotopic (exact) mass is 414 g/mol. The molecule has 1 aliphatic heterocycles. The summed E-state index contributed by atoms with van der Waals surface area (Å²) < 4.78 is 5.47. The Labute approximate surface area is 179 Å². The first-order valence-corrected chi connectivity index (χ1v) is 11.6. The average molecular weight is 415 g/mol. The van der Waals surface area contributed by atoms with E-state index in [-0.39, 0.29) is 0 Å². The first-order valence-electron chi connectivity index (χ1n) is 10.7. The van der Waals surface area contributed by atoms with Crippen LogP contribution in [0, 0.1) is 12.8 Å². The van der Waals surface area contributed by atoms with E-state index in [1.807, 2.05) is 0 Å². The van der Waals surface area contributed by atoms with Crippen LogP contribution >= 0.6 is 11.3 Å². The summed E-state index contributed by atoms with van der Waals surface area (Å²) in [6, 6.07) is 8.57. The number of aryl methyl sites for hydroxylation is 1. The Balaban J connectivity index is 1.51. The fourth-order valence-corrected chi connectivity index (χ4v) is 4.37. The minimum atomic E-state index is 0.751. The third-order valence-corrected chi connectivity index (χ3v) is 6.33. The summed E-state index contributed by atoms with van der Waals surface area (Å²) in [5, 5.41) is 6.67. The number of aromatic nitrogens is 1. The van der Waals surface area contributed by atoms with Crippen LogP contribution < -0.4 is 5.32 Å². The Morgan fingerprint density at radius 2 is 2.03 bits per heavy atom. The van der Waals surface area contributed by atoms with Gasteiger partial charge in [-0.2, -0.15) is 0 Å². The van der Waals surface area contributed by atoms with Crippen molar-refractivity contribution in [3.8, 4) is 10.6 Å². The molecular weight excluding hydrogens is 380 g/mol. The van der Waals surface area contributed by atoms with Gasteiger partial charge >= 0.3 is 0 Å². The number of nitrogens with one attached hydrogen (secondary N) is 1. The van der Waals surface area contributed by atoms with Gasteiger partial charge in [0.2, 0.25) is 0 Å². The van der Waals surface area contributed by atoms with Crippen LogP contribution in [0.4, 0.5) is 0 Å². The number of ether oxygens (including phenoxy) is 1. The van der Waals surface area contributed by atoms with E-state index < -0.39 is 0 Å². The maximum absolute atomic E-state index is 5.47. The van der Waals surface area contributed by atoms with Gasteiger partial charge in [0.1, 0.15) is 5.01 Å². The van der Waals surface area contributed by atoms with E-state index >= 15 is 0 Å². The van der Waals surface area contributed by atoms with Crippen molar-refractivity contribution in [2.24, 2.45) is 10.9 Å². The van der Waals surface area contributed by atoms with Crippen LogP contribution in [0.5, 0.6) is 0 Å². The van der Waals surface area contributed by atoms with Gasteiger partial charge in [-0.25, -0.2) is 4.98 Å². The predicted octanol–water partition coefficient (Wildman–Crippen LogP) is 4.38. The Kier molecular flexibility index (Phi) is 8.50. The van der Waals surface area contributed by atoms with E-state index in [4.69, 9.17) is 14.7 Å². The van der Waals surface area contributed by atoms with Crippen LogP contribution in [0.2, 0.25) is 0 Å². The molecule has 3 rings (SSSR count). The third kappa shape index (κ3) is 6.82. The van der Waals surface area contributed by atoms with Crippen molar-refractivity contribution < 1.29 is 4.74 Å². The molecule has 1 fully saturated rings. The highest BCUT2D eigenvalue weighted by molar-refractivity contribution is 7.13. The SMILES string of the molecule is CCNC(=NCCc1csc(-c2ccc(C)cc2)n1)N(C)CCC1CCOCC1. The summed E-state index contributed by atoms with van der Waals surface area (Å²) in [5.41, 5.74) is 3.59. The van der Waals surface area contributed by atoms with Crippen LogP contribution in [0.1, 0.15) is 37.4 Å². The number of aliphatic imine (C=N–C) groups is 1. The van der Waals surface area contributed by atoms with Crippen LogP contribution in [0.25, 0.3) is 10.6 Å². The highest BCUT2D eigenvalue weighted by Crippen LogP contribution is 2.24. The van der Waals surface area contributed by atoms with Gasteiger partial charge in [-0.1, -0.05) is 29.8 Å². The molecular formula is C23H34N4OS. The molecule has 158 valence electrons. The van der Waals surface area contributed by atoms with E-state index in [0.717, 1.165) is 61.8 Å². The molecule has 1 saturated heterocycles. The number of thiazole rings is 1. The summed E-state index contributed by atoms with van der Waals surface area (Å²) >= 11 is 1.71. The Morgan fingerprint density at radius 1 is 1.28 bits per heavy atom. The molecule has 0 spiro atoms. The number of rotatable bonds is 8. The molecule has 0 saturated carbocycles. The minimum Gasteiger partial charge on any atom is -0.381 e. The largest absolute Gasteiger partial charge is 0.381 e. The zero-order valence-electron chi connectivity index (χ0n) is 18.0. The van der Waals surface area contributed by atoms with Gasteiger partial charge in [-0.15, -0.1) is 11.3 Å². The molecule has 0 atom stereocenters. The van der Waals surface area contributed by atoms with Crippen LogP contribution in [-0.2, 0) is 11.2 Å². The molecule has 0 unspecified atom stereocenters. The lowest BCUT2D eigenvalue weighted by Crippen LogP contribution is -2.40. The van der Waals surface area contributed by atoms with E-state index in [1.54, 1.807) is 11.3 Å². The van der Waals surface area contributed by atoms with Gasteiger partial charge < -0.3 is 15.0 Å². The molecule has 0 bridgehead atoms. The summed E-state index contributed by atoms with van der Waals surface area (Å²) in [6.45, 7) is 8.73. The molecule has 0 amide bonds. The van der Waals surface area contributed by atoms with Gasteiger partial charge in [0, 0.05) is 57.3 Å². The van der Waals surface area contributed by atoms with Gasteiger partial charge in [-0.05, 0) is 39.0 Å². The van der Waals surface area contributed by atoms with Crippen LogP contribution in [0.15, 0.2) is 34.6 Å². The molecule has 6 heteroatoms. The van der Waals surface area contributed by atoms with Gasteiger partial charge in [0.15, 0.2) is 5.96 Å². The molecule has 1 aromatic heterocycles. The second-order valence-electron chi connectivity index (χ2n) is 7.76. The molecule has 2 heterocycles. The second kappa shape index (κ2) is 11.3. The smallest absolute Gasteiger partial charge is 0.193 e. The molecule has 1 aliphatic rings. The van der Waals surface area contributed by atoms with Crippen LogP contribution in [-0.4, -0.2) is 55.7 Å². The molecule has 0 radical (unpaired) electrons. The number of hydrogen-bond donors (Lipinski definition) is 1. The van der Waals surface area contributed by atoms with E-state index in [2.05, 4.69) is 60.8 Å². The zero-order chi connectivity index (χ0) is 20.5. The van der Waals surface area contributed by atoms with E-state index in [0.29, 0.717) is 0 Å². The van der Waals surface area contributed by atoms with Crippen molar-refractivity contribution >= 4 is 17.3 Å². The Hall–Kier alpha value is -1.92. The molecule has 29 heavy (non-hydrogen) atoms. The number of nitrogens with zero attached hydrogens (tertiary/aromatic N) is 3. The molecule has 1 N–H and O–H groups in total. The van der Waals surface area contributed by atoms with Crippen molar-refractivity contribution in [2.45, 2.75) is 39.5 Å².